The monoisotopic (exact) mass is 188 g/mol. The molecule has 0 amide bonds. The highest BCUT2D eigenvalue weighted by Gasteiger charge is 2.04. The van der Waals surface area contributed by atoms with E-state index >= 15 is 0 Å². The van der Waals surface area contributed by atoms with Crippen LogP contribution in [-0.2, 0) is 4.74 Å². The van der Waals surface area contributed by atoms with Gasteiger partial charge in [-0.05, 0) is 14.0 Å². The zero-order valence-electron chi connectivity index (χ0n) is 9.63. The fourth-order valence-electron chi connectivity index (χ4n) is 1.15. The van der Waals surface area contributed by atoms with Crippen LogP contribution >= 0.6 is 0 Å². The molecule has 1 N–H and O–H groups in total. The Hall–Kier alpha value is -0.120. The highest BCUT2D eigenvalue weighted by molar-refractivity contribution is 4.60. The molecule has 80 valence electrons. The predicted molar refractivity (Wildman–Crippen MR) is 57.1 cm³/mol. The standard InChI is InChI=1S/C10H24N2O/c1-9(2)11-6-7-12(4)8-10(3)13-5/h9-11H,6-8H2,1-5H3. The van der Waals surface area contributed by atoms with Gasteiger partial charge in [0.05, 0.1) is 6.10 Å². The summed E-state index contributed by atoms with van der Waals surface area (Å²) in [6, 6.07) is 0.577. The van der Waals surface area contributed by atoms with Crippen molar-refractivity contribution in [2.24, 2.45) is 0 Å². The molecule has 13 heavy (non-hydrogen) atoms. The Kier molecular flexibility index (Phi) is 7.23. The van der Waals surface area contributed by atoms with Gasteiger partial charge in [0.2, 0.25) is 0 Å². The van der Waals surface area contributed by atoms with Gasteiger partial charge >= 0.3 is 0 Å². The Morgan fingerprint density at radius 1 is 1.31 bits per heavy atom. The summed E-state index contributed by atoms with van der Waals surface area (Å²) in [5.74, 6) is 0. The molecule has 0 aliphatic rings. The lowest BCUT2D eigenvalue weighted by molar-refractivity contribution is 0.0859. The highest BCUT2D eigenvalue weighted by Crippen LogP contribution is 1.91. The summed E-state index contributed by atoms with van der Waals surface area (Å²) < 4.78 is 5.19. The average molecular weight is 188 g/mol. The van der Waals surface area contributed by atoms with E-state index in [1.54, 1.807) is 7.11 Å². The van der Waals surface area contributed by atoms with Crippen molar-refractivity contribution in [3.63, 3.8) is 0 Å². The van der Waals surface area contributed by atoms with Crippen LogP contribution in [0.2, 0.25) is 0 Å². The molecule has 0 rings (SSSR count). The summed E-state index contributed by atoms with van der Waals surface area (Å²) in [4.78, 5) is 2.28. The van der Waals surface area contributed by atoms with Crippen LogP contribution in [0, 0.1) is 0 Å². The molecule has 0 fully saturated rings. The molecule has 0 radical (unpaired) electrons. The third kappa shape index (κ3) is 8.22. The molecule has 0 bridgehead atoms. The van der Waals surface area contributed by atoms with Gasteiger partial charge in [0.1, 0.15) is 0 Å². The second-order valence-corrected chi connectivity index (χ2v) is 3.92. The number of hydrogen-bond acceptors (Lipinski definition) is 3. The van der Waals surface area contributed by atoms with Gasteiger partial charge in [-0.3, -0.25) is 0 Å². The zero-order valence-corrected chi connectivity index (χ0v) is 9.63. The van der Waals surface area contributed by atoms with Crippen LogP contribution in [0.3, 0.4) is 0 Å². The van der Waals surface area contributed by atoms with Gasteiger partial charge in [0.25, 0.3) is 0 Å². The smallest absolute Gasteiger partial charge is 0.0670 e. The van der Waals surface area contributed by atoms with E-state index in [1.165, 1.54) is 0 Å². The van der Waals surface area contributed by atoms with Crippen LogP contribution in [0.5, 0.6) is 0 Å². The Balaban J connectivity index is 3.34. The van der Waals surface area contributed by atoms with Gasteiger partial charge in [-0.25, -0.2) is 0 Å². The topological polar surface area (TPSA) is 24.5 Å². The number of methoxy groups -OCH3 is 1. The van der Waals surface area contributed by atoms with Gasteiger partial charge in [-0.2, -0.15) is 0 Å². The lowest BCUT2D eigenvalue weighted by atomic mass is 10.3. The molecular formula is C10H24N2O. The number of ether oxygens (including phenoxy) is 1. The van der Waals surface area contributed by atoms with E-state index in [9.17, 15) is 0 Å². The van der Waals surface area contributed by atoms with E-state index in [0.29, 0.717) is 12.1 Å². The van der Waals surface area contributed by atoms with E-state index in [4.69, 9.17) is 4.74 Å². The molecule has 3 nitrogen and oxygen atoms in total. The largest absolute Gasteiger partial charge is 0.380 e. The van der Waals surface area contributed by atoms with Crippen molar-refractivity contribution in [3.05, 3.63) is 0 Å². The first-order valence-electron chi connectivity index (χ1n) is 5.01. The molecule has 0 saturated heterocycles. The number of rotatable bonds is 7. The quantitative estimate of drug-likeness (QED) is 0.644. The van der Waals surface area contributed by atoms with E-state index in [-0.39, 0.29) is 0 Å². The van der Waals surface area contributed by atoms with Crippen LogP contribution in [0.1, 0.15) is 20.8 Å². The molecule has 0 aromatic rings. The first-order chi connectivity index (χ1) is 6.06. The maximum atomic E-state index is 5.19. The Bertz CT molecular complexity index is 117. The van der Waals surface area contributed by atoms with E-state index < -0.39 is 0 Å². The summed E-state index contributed by atoms with van der Waals surface area (Å²) in [5, 5.41) is 3.39. The summed E-state index contributed by atoms with van der Waals surface area (Å²) >= 11 is 0. The van der Waals surface area contributed by atoms with Crippen LogP contribution in [0.15, 0.2) is 0 Å². The number of nitrogens with zero attached hydrogens (tertiary/aromatic N) is 1. The highest BCUT2D eigenvalue weighted by atomic mass is 16.5. The van der Waals surface area contributed by atoms with Gasteiger partial charge < -0.3 is 15.0 Å². The van der Waals surface area contributed by atoms with Crippen molar-refractivity contribution in [2.45, 2.75) is 32.9 Å². The van der Waals surface area contributed by atoms with Crippen LogP contribution < -0.4 is 5.32 Å². The molecule has 0 aromatic heterocycles. The van der Waals surface area contributed by atoms with Crippen molar-refractivity contribution in [1.82, 2.24) is 10.2 Å². The molecule has 0 aromatic carbocycles. The summed E-state index contributed by atoms with van der Waals surface area (Å²) in [6.45, 7) is 9.54. The van der Waals surface area contributed by atoms with Gasteiger partial charge in [-0.1, -0.05) is 13.8 Å². The van der Waals surface area contributed by atoms with E-state index in [2.05, 4.69) is 38.0 Å². The van der Waals surface area contributed by atoms with Crippen molar-refractivity contribution in [3.8, 4) is 0 Å². The minimum absolute atomic E-state index is 0.323. The van der Waals surface area contributed by atoms with E-state index in [1.807, 2.05) is 0 Å². The maximum absolute atomic E-state index is 5.19. The van der Waals surface area contributed by atoms with Crippen LogP contribution in [0.4, 0.5) is 0 Å². The minimum Gasteiger partial charge on any atom is -0.380 e. The predicted octanol–water partition coefficient (Wildman–Crippen LogP) is 0.951. The molecule has 0 saturated carbocycles. The molecule has 0 spiro atoms. The summed E-state index contributed by atoms with van der Waals surface area (Å²) in [6.07, 6.45) is 0.323. The fourth-order valence-corrected chi connectivity index (χ4v) is 1.15. The average Bonchev–Trinajstić information content (AvgIpc) is 2.03. The lowest BCUT2D eigenvalue weighted by Gasteiger charge is -2.21. The molecule has 0 aliphatic heterocycles. The minimum atomic E-state index is 0.323. The molecule has 1 atom stereocenters. The summed E-state index contributed by atoms with van der Waals surface area (Å²) in [5.41, 5.74) is 0. The van der Waals surface area contributed by atoms with Crippen molar-refractivity contribution in [1.29, 1.82) is 0 Å². The molecule has 1 unspecified atom stereocenters. The van der Waals surface area contributed by atoms with Crippen molar-refractivity contribution < 1.29 is 4.74 Å². The van der Waals surface area contributed by atoms with Gasteiger partial charge in [0, 0.05) is 32.8 Å². The lowest BCUT2D eigenvalue weighted by Crippen LogP contribution is -2.36. The van der Waals surface area contributed by atoms with Crippen LogP contribution in [0.25, 0.3) is 0 Å². The Morgan fingerprint density at radius 2 is 1.92 bits per heavy atom. The van der Waals surface area contributed by atoms with Crippen molar-refractivity contribution in [2.75, 3.05) is 33.8 Å². The fraction of sp³-hybridized carbons (Fsp3) is 1.00. The Morgan fingerprint density at radius 3 is 2.38 bits per heavy atom. The second kappa shape index (κ2) is 7.30. The molecule has 0 heterocycles. The molecule has 0 aliphatic carbocycles. The zero-order chi connectivity index (χ0) is 10.3. The van der Waals surface area contributed by atoms with Crippen LogP contribution in [-0.4, -0.2) is 50.8 Å². The number of likely N-dealkylation sites (N-methyl/N-ethyl adjacent to an activating group) is 1. The third-order valence-electron chi connectivity index (χ3n) is 2.02. The summed E-state index contributed by atoms with van der Waals surface area (Å²) in [7, 11) is 3.88. The normalized spacial score (nSPS) is 14.1. The molecular weight excluding hydrogens is 164 g/mol. The second-order valence-electron chi connectivity index (χ2n) is 3.92. The molecule has 3 heteroatoms. The van der Waals surface area contributed by atoms with Gasteiger partial charge in [-0.15, -0.1) is 0 Å². The number of hydrogen-bond donors (Lipinski definition) is 1. The Labute approximate surface area is 82.4 Å². The number of nitrogens with one attached hydrogen (secondary N) is 1. The maximum Gasteiger partial charge on any atom is 0.0670 e. The van der Waals surface area contributed by atoms with E-state index in [0.717, 1.165) is 19.6 Å². The van der Waals surface area contributed by atoms with Crippen molar-refractivity contribution >= 4 is 0 Å². The first-order valence-corrected chi connectivity index (χ1v) is 5.01. The third-order valence-corrected chi connectivity index (χ3v) is 2.02. The first kappa shape index (κ1) is 12.9. The SMILES string of the molecule is COC(C)CN(C)CCNC(C)C. The van der Waals surface area contributed by atoms with Gasteiger partial charge in [0.15, 0.2) is 0 Å².